The minimum Gasteiger partial charge on any atom is -0.480 e. The Labute approximate surface area is 104 Å². The number of carboxylic acid groups (broad SMARTS) is 1. The van der Waals surface area contributed by atoms with Crippen LogP contribution in [-0.2, 0) is 10.2 Å². The van der Waals surface area contributed by atoms with E-state index in [0.29, 0.717) is 18.6 Å². The number of hydrogen-bond donors (Lipinski definition) is 2. The van der Waals surface area contributed by atoms with Gasteiger partial charge < -0.3 is 14.9 Å². The van der Waals surface area contributed by atoms with Crippen molar-refractivity contribution in [2.75, 3.05) is 0 Å². The molecule has 0 spiro atoms. The molecule has 1 aromatic heterocycles. The van der Waals surface area contributed by atoms with Crippen LogP contribution in [0.3, 0.4) is 0 Å². The van der Waals surface area contributed by atoms with E-state index < -0.39 is 17.4 Å². The fourth-order valence-electron chi connectivity index (χ4n) is 1.53. The van der Waals surface area contributed by atoms with Crippen LogP contribution in [0, 0.1) is 0 Å². The molecule has 98 valence electrons. The predicted molar refractivity (Wildman–Crippen MR) is 62.3 cm³/mol. The lowest BCUT2D eigenvalue weighted by molar-refractivity contribution is -0.140. The molecule has 0 saturated heterocycles. The van der Waals surface area contributed by atoms with Crippen LogP contribution >= 0.6 is 0 Å². The Morgan fingerprint density at radius 2 is 2.06 bits per heavy atom. The van der Waals surface area contributed by atoms with E-state index in [0.717, 1.165) is 0 Å². The maximum atomic E-state index is 11.8. The average molecular weight is 252 g/mol. The average Bonchev–Trinajstić information content (AvgIpc) is 2.85. The number of carboxylic acids is 1. The van der Waals surface area contributed by atoms with E-state index in [1.807, 2.05) is 20.8 Å². The molecule has 1 aliphatic carbocycles. The molecule has 0 atom stereocenters. The molecule has 1 saturated carbocycles. The SMILES string of the molecule is CC(C)(C)c1cc(C(=O)NC2(C(=O)O)CC2)no1. The van der Waals surface area contributed by atoms with Crippen molar-refractivity contribution in [1.82, 2.24) is 10.5 Å². The fourth-order valence-corrected chi connectivity index (χ4v) is 1.53. The van der Waals surface area contributed by atoms with Gasteiger partial charge in [0.15, 0.2) is 5.69 Å². The van der Waals surface area contributed by atoms with Crippen molar-refractivity contribution in [2.24, 2.45) is 0 Å². The predicted octanol–water partition coefficient (Wildman–Crippen LogP) is 1.32. The molecule has 1 aliphatic rings. The monoisotopic (exact) mass is 252 g/mol. The molecule has 6 nitrogen and oxygen atoms in total. The highest BCUT2D eigenvalue weighted by Crippen LogP contribution is 2.35. The normalized spacial score (nSPS) is 17.3. The van der Waals surface area contributed by atoms with Gasteiger partial charge >= 0.3 is 5.97 Å². The van der Waals surface area contributed by atoms with Crippen LogP contribution in [0.5, 0.6) is 0 Å². The molecule has 0 radical (unpaired) electrons. The Hall–Kier alpha value is -1.85. The molecule has 1 aromatic rings. The van der Waals surface area contributed by atoms with Gasteiger partial charge in [-0.3, -0.25) is 4.79 Å². The van der Waals surface area contributed by atoms with Gasteiger partial charge in [0.05, 0.1) is 0 Å². The molecule has 1 heterocycles. The summed E-state index contributed by atoms with van der Waals surface area (Å²) in [7, 11) is 0. The Morgan fingerprint density at radius 1 is 1.44 bits per heavy atom. The molecule has 0 aromatic carbocycles. The number of nitrogens with zero attached hydrogens (tertiary/aromatic N) is 1. The summed E-state index contributed by atoms with van der Waals surface area (Å²) in [6, 6.07) is 1.55. The van der Waals surface area contributed by atoms with Crippen LogP contribution in [0.1, 0.15) is 49.9 Å². The van der Waals surface area contributed by atoms with Gasteiger partial charge in [0.25, 0.3) is 5.91 Å². The second kappa shape index (κ2) is 3.83. The maximum absolute atomic E-state index is 11.8. The van der Waals surface area contributed by atoms with Crippen LogP contribution in [0.2, 0.25) is 0 Å². The summed E-state index contributed by atoms with van der Waals surface area (Å²) in [6.07, 6.45) is 0.913. The molecular formula is C12H16N2O4. The van der Waals surface area contributed by atoms with Crippen LogP contribution in [0.15, 0.2) is 10.6 Å². The number of aromatic nitrogens is 1. The first-order chi connectivity index (χ1) is 8.24. The van der Waals surface area contributed by atoms with E-state index in [1.54, 1.807) is 6.07 Å². The number of carbonyl (C=O) groups excluding carboxylic acids is 1. The number of amides is 1. The first-order valence-corrected chi connectivity index (χ1v) is 5.78. The number of nitrogens with one attached hydrogen (secondary N) is 1. The highest BCUT2D eigenvalue weighted by atomic mass is 16.5. The lowest BCUT2D eigenvalue weighted by Crippen LogP contribution is -2.43. The Bertz CT molecular complexity index is 494. The second-order valence-corrected chi connectivity index (χ2v) is 5.67. The van der Waals surface area contributed by atoms with Crippen molar-refractivity contribution in [1.29, 1.82) is 0 Å². The summed E-state index contributed by atoms with van der Waals surface area (Å²) < 4.78 is 5.09. The molecule has 18 heavy (non-hydrogen) atoms. The minimum absolute atomic E-state index is 0.118. The van der Waals surface area contributed by atoms with Gasteiger partial charge in [-0.05, 0) is 12.8 Å². The molecule has 1 amide bonds. The first-order valence-electron chi connectivity index (χ1n) is 5.78. The molecule has 0 aliphatic heterocycles. The Morgan fingerprint density at radius 3 is 2.44 bits per heavy atom. The van der Waals surface area contributed by atoms with Crippen molar-refractivity contribution < 1.29 is 19.2 Å². The summed E-state index contributed by atoms with van der Waals surface area (Å²) in [5, 5.41) is 15.1. The smallest absolute Gasteiger partial charge is 0.329 e. The van der Waals surface area contributed by atoms with E-state index in [4.69, 9.17) is 9.63 Å². The number of hydrogen-bond acceptors (Lipinski definition) is 4. The largest absolute Gasteiger partial charge is 0.480 e. The maximum Gasteiger partial charge on any atom is 0.329 e. The fraction of sp³-hybridized carbons (Fsp3) is 0.583. The molecule has 1 fully saturated rings. The summed E-state index contributed by atoms with van der Waals surface area (Å²) in [6.45, 7) is 5.82. The van der Waals surface area contributed by atoms with E-state index in [2.05, 4.69) is 10.5 Å². The highest BCUT2D eigenvalue weighted by molar-refractivity contribution is 5.97. The van der Waals surface area contributed by atoms with Gasteiger partial charge in [-0.1, -0.05) is 25.9 Å². The van der Waals surface area contributed by atoms with Crippen molar-refractivity contribution in [2.45, 2.75) is 44.6 Å². The third-order valence-electron chi connectivity index (χ3n) is 2.99. The molecule has 2 N–H and O–H groups in total. The minimum atomic E-state index is -1.10. The summed E-state index contributed by atoms with van der Waals surface area (Å²) in [5.74, 6) is -0.919. The summed E-state index contributed by atoms with van der Waals surface area (Å²) in [4.78, 5) is 22.8. The Balaban J connectivity index is 2.11. The lowest BCUT2D eigenvalue weighted by atomic mass is 9.93. The van der Waals surface area contributed by atoms with E-state index in [1.165, 1.54) is 0 Å². The van der Waals surface area contributed by atoms with E-state index in [-0.39, 0.29) is 11.1 Å². The van der Waals surface area contributed by atoms with Crippen molar-refractivity contribution in [3.8, 4) is 0 Å². The van der Waals surface area contributed by atoms with Crippen LogP contribution in [-0.4, -0.2) is 27.7 Å². The molecule has 2 rings (SSSR count). The molecule has 0 unspecified atom stereocenters. The standard InChI is InChI=1S/C12H16N2O4/c1-11(2,3)8-6-7(14-18-8)9(15)13-12(4-5-12)10(16)17/h6H,4-5H2,1-3H3,(H,13,15)(H,16,17). The third-order valence-corrected chi connectivity index (χ3v) is 2.99. The van der Waals surface area contributed by atoms with Gasteiger partial charge in [0.1, 0.15) is 11.3 Å². The van der Waals surface area contributed by atoms with E-state index in [9.17, 15) is 9.59 Å². The lowest BCUT2D eigenvalue weighted by Gasteiger charge is -2.12. The topological polar surface area (TPSA) is 92.4 Å². The van der Waals surface area contributed by atoms with Crippen molar-refractivity contribution >= 4 is 11.9 Å². The van der Waals surface area contributed by atoms with Gasteiger partial charge in [-0.25, -0.2) is 4.79 Å². The number of aliphatic carboxylic acids is 1. The van der Waals surface area contributed by atoms with Crippen molar-refractivity contribution in [3.63, 3.8) is 0 Å². The van der Waals surface area contributed by atoms with E-state index >= 15 is 0 Å². The number of rotatable bonds is 3. The molecular weight excluding hydrogens is 236 g/mol. The van der Waals surface area contributed by atoms with Gasteiger partial charge in [0, 0.05) is 11.5 Å². The quantitative estimate of drug-likeness (QED) is 0.846. The molecule has 0 bridgehead atoms. The highest BCUT2D eigenvalue weighted by Gasteiger charge is 2.52. The van der Waals surface area contributed by atoms with Crippen LogP contribution in [0.25, 0.3) is 0 Å². The zero-order valence-corrected chi connectivity index (χ0v) is 10.6. The van der Waals surface area contributed by atoms with Crippen molar-refractivity contribution in [3.05, 3.63) is 17.5 Å². The van der Waals surface area contributed by atoms with Gasteiger partial charge in [0.2, 0.25) is 0 Å². The number of carbonyl (C=O) groups is 2. The Kier molecular flexibility index (Phi) is 2.68. The first kappa shape index (κ1) is 12.6. The summed E-state index contributed by atoms with van der Waals surface area (Å²) >= 11 is 0. The van der Waals surface area contributed by atoms with Crippen LogP contribution < -0.4 is 5.32 Å². The second-order valence-electron chi connectivity index (χ2n) is 5.67. The third kappa shape index (κ3) is 2.23. The van der Waals surface area contributed by atoms with Crippen LogP contribution in [0.4, 0.5) is 0 Å². The zero-order valence-electron chi connectivity index (χ0n) is 10.6. The van der Waals surface area contributed by atoms with Gasteiger partial charge in [-0.2, -0.15) is 0 Å². The van der Waals surface area contributed by atoms with Gasteiger partial charge in [-0.15, -0.1) is 0 Å². The molecule has 6 heteroatoms. The zero-order chi connectivity index (χ0) is 13.6. The summed E-state index contributed by atoms with van der Waals surface area (Å²) in [5.41, 5.74) is -1.22.